The van der Waals surface area contributed by atoms with Crippen LogP contribution in [-0.4, -0.2) is 0 Å². The number of hydrogen-bond acceptors (Lipinski definition) is 1. The maximum Gasteiger partial charge on any atom is 0.229 e. The van der Waals surface area contributed by atoms with Crippen LogP contribution in [0.2, 0.25) is 0 Å². The molecule has 28 heavy (non-hydrogen) atoms. The molecule has 0 saturated carbocycles. The maximum atomic E-state index is 8.99. The molecule has 4 aromatic rings. The van der Waals surface area contributed by atoms with Gasteiger partial charge in [0.25, 0.3) is 0 Å². The van der Waals surface area contributed by atoms with Gasteiger partial charge in [-0.1, -0.05) is 37.6 Å². The molecule has 2 heterocycles. The molecule has 3 nitrogen and oxygen atoms in total. The molecule has 0 aliphatic rings. The fourth-order valence-corrected chi connectivity index (χ4v) is 3.69. The number of furan rings is 1. The summed E-state index contributed by atoms with van der Waals surface area (Å²) in [5.74, 6) is -1.09. The van der Waals surface area contributed by atoms with Crippen LogP contribution in [0.4, 0.5) is 5.69 Å². The molecule has 0 atom stereocenters. The highest BCUT2D eigenvalue weighted by atomic mass is 16.3. The summed E-state index contributed by atoms with van der Waals surface area (Å²) in [6.45, 7) is 16.8. The summed E-state index contributed by atoms with van der Waals surface area (Å²) < 4.78 is 34.2. The highest BCUT2D eigenvalue weighted by Gasteiger charge is 2.24. The molecule has 4 rings (SSSR count). The normalized spacial score (nSPS) is 13.4. The van der Waals surface area contributed by atoms with Crippen LogP contribution in [0.15, 0.2) is 40.8 Å². The van der Waals surface area contributed by atoms with E-state index in [0.717, 1.165) is 27.5 Å². The van der Waals surface area contributed by atoms with E-state index < -0.39 is 5.89 Å². The Hall–Kier alpha value is -3.12. The minimum atomic E-state index is -1.09. The Kier molecular flexibility index (Phi) is 3.45. The number of pyridine rings is 1. The van der Waals surface area contributed by atoms with Crippen LogP contribution in [0.3, 0.4) is 0 Å². The molecule has 2 aromatic heterocycles. The van der Waals surface area contributed by atoms with Gasteiger partial charge >= 0.3 is 0 Å². The predicted octanol–water partition coefficient (Wildman–Crippen LogP) is 6.68. The van der Waals surface area contributed by atoms with Crippen LogP contribution < -0.4 is 4.57 Å². The molecule has 140 valence electrons. The van der Waals surface area contributed by atoms with E-state index in [0.29, 0.717) is 33.8 Å². The Bertz CT molecular complexity index is 1440. The van der Waals surface area contributed by atoms with Crippen LogP contribution in [-0.2, 0) is 7.05 Å². The van der Waals surface area contributed by atoms with E-state index in [1.54, 1.807) is 13.8 Å². The molecule has 0 aliphatic carbocycles. The molecule has 0 saturated heterocycles. The Morgan fingerprint density at radius 1 is 1.11 bits per heavy atom. The van der Waals surface area contributed by atoms with Gasteiger partial charge < -0.3 is 4.42 Å². The summed E-state index contributed by atoms with van der Waals surface area (Å²) in [6.07, 6.45) is 0. The number of hydrogen-bond donors (Lipinski definition) is 0. The lowest BCUT2D eigenvalue weighted by Crippen LogP contribution is -2.35. The van der Waals surface area contributed by atoms with Gasteiger partial charge in [-0.05, 0) is 36.9 Å². The Morgan fingerprint density at radius 3 is 2.54 bits per heavy atom. The van der Waals surface area contributed by atoms with E-state index in [9.17, 15) is 0 Å². The molecule has 3 heteroatoms. The monoisotopic (exact) mass is 372 g/mol. The average Bonchev–Trinajstić information content (AvgIpc) is 3.04. The summed E-state index contributed by atoms with van der Waals surface area (Å²) in [5, 5.41) is 1.77. The van der Waals surface area contributed by atoms with Crippen molar-refractivity contribution in [1.82, 2.24) is 0 Å². The Morgan fingerprint density at radius 2 is 1.86 bits per heavy atom. The summed E-state index contributed by atoms with van der Waals surface area (Å²) in [7, 11) is 1.84. The van der Waals surface area contributed by atoms with Crippen molar-refractivity contribution in [2.45, 2.75) is 40.5 Å². The smallest absolute Gasteiger partial charge is 0.229 e. The van der Waals surface area contributed by atoms with Crippen LogP contribution in [0, 0.1) is 27.3 Å². The second-order valence-corrected chi connectivity index (χ2v) is 7.63. The van der Waals surface area contributed by atoms with Gasteiger partial charge in [0.15, 0.2) is 5.69 Å². The molecule has 0 N–H and O–H groups in total. The van der Waals surface area contributed by atoms with Crippen molar-refractivity contribution >= 4 is 27.6 Å². The Balaban J connectivity index is 2.23. The zero-order chi connectivity index (χ0) is 22.8. The van der Waals surface area contributed by atoms with Crippen molar-refractivity contribution in [2.24, 2.45) is 7.05 Å². The molecular weight excluding hydrogens is 344 g/mol. The van der Waals surface area contributed by atoms with Gasteiger partial charge in [-0.15, -0.1) is 0 Å². The molecule has 0 radical (unpaired) electrons. The maximum absolute atomic E-state index is 8.99. The topological polar surface area (TPSA) is 21.4 Å². The van der Waals surface area contributed by atoms with Gasteiger partial charge in [-0.3, -0.25) is 0 Å². The van der Waals surface area contributed by atoms with E-state index in [4.69, 9.17) is 15.1 Å². The minimum Gasteiger partial charge on any atom is -0.466 e. The van der Waals surface area contributed by atoms with Crippen LogP contribution >= 0.6 is 0 Å². The third-order valence-electron chi connectivity index (χ3n) is 5.32. The van der Waals surface area contributed by atoms with E-state index >= 15 is 0 Å². The lowest BCUT2D eigenvalue weighted by Gasteiger charge is -2.11. The summed E-state index contributed by atoms with van der Waals surface area (Å²) in [5.41, 5.74) is 6.03. The molecule has 0 fully saturated rings. The van der Waals surface area contributed by atoms with Crippen molar-refractivity contribution in [2.75, 3.05) is 0 Å². The molecule has 0 unspecified atom stereocenters. The molecular formula is C25H25N2O+. The first-order valence-electron chi connectivity index (χ1n) is 10.8. The highest BCUT2D eigenvalue weighted by molar-refractivity contribution is 6.13. The fourth-order valence-electron chi connectivity index (χ4n) is 3.69. The SMILES string of the molecule is [2H]c1c(C([2H])(C)C)c([2H])c(-c2c(C)ccc3c2oc2c([N+]#[C-])cc(C)cc23)[n+](C)c1C. The first-order chi connectivity index (χ1) is 14.5. The number of rotatable bonds is 2. The van der Waals surface area contributed by atoms with Crippen molar-refractivity contribution in [3.05, 3.63) is 70.2 Å². The first-order valence-corrected chi connectivity index (χ1v) is 9.32. The van der Waals surface area contributed by atoms with Gasteiger partial charge in [-0.2, -0.15) is 4.57 Å². The van der Waals surface area contributed by atoms with Gasteiger partial charge in [0.2, 0.25) is 11.4 Å². The van der Waals surface area contributed by atoms with Crippen LogP contribution in [0.25, 0.3) is 38.0 Å². The highest BCUT2D eigenvalue weighted by Crippen LogP contribution is 2.41. The molecule has 0 spiro atoms. The summed E-state index contributed by atoms with van der Waals surface area (Å²) in [6, 6.07) is 8.22. The number of aryl methyl sites for hydroxylation is 2. The summed E-state index contributed by atoms with van der Waals surface area (Å²) in [4.78, 5) is 3.65. The molecule has 0 bridgehead atoms. The van der Waals surface area contributed by atoms with Gasteiger partial charge in [0.1, 0.15) is 18.2 Å². The largest absolute Gasteiger partial charge is 0.466 e. The zero-order valence-corrected chi connectivity index (χ0v) is 17.1. The number of fused-ring (bicyclic) bond motifs is 3. The van der Waals surface area contributed by atoms with Gasteiger partial charge in [0, 0.05) is 31.2 Å². The second kappa shape index (κ2) is 6.49. The van der Waals surface area contributed by atoms with Crippen molar-refractivity contribution in [3.63, 3.8) is 0 Å². The third-order valence-corrected chi connectivity index (χ3v) is 5.32. The minimum absolute atomic E-state index is 0.163. The quantitative estimate of drug-likeness (QED) is 0.284. The second-order valence-electron chi connectivity index (χ2n) is 7.63. The molecule has 0 amide bonds. The lowest BCUT2D eigenvalue weighted by molar-refractivity contribution is -0.666. The van der Waals surface area contributed by atoms with Gasteiger partial charge in [0.05, 0.1) is 14.9 Å². The summed E-state index contributed by atoms with van der Waals surface area (Å²) >= 11 is 0. The van der Waals surface area contributed by atoms with E-state index in [1.165, 1.54) is 0 Å². The number of nitrogens with zero attached hydrogens (tertiary/aromatic N) is 2. The van der Waals surface area contributed by atoms with E-state index in [-0.39, 0.29) is 12.1 Å². The number of aromatic nitrogens is 1. The predicted molar refractivity (Wildman–Crippen MR) is 115 cm³/mol. The first kappa shape index (κ1) is 14.9. The van der Waals surface area contributed by atoms with Gasteiger partial charge in [-0.25, -0.2) is 4.85 Å². The molecule has 2 aromatic carbocycles. The fraction of sp³-hybridized carbons (Fsp3) is 0.280. The van der Waals surface area contributed by atoms with E-state index in [1.807, 2.05) is 56.7 Å². The van der Waals surface area contributed by atoms with Crippen molar-refractivity contribution in [3.8, 4) is 11.3 Å². The van der Waals surface area contributed by atoms with Crippen molar-refractivity contribution in [1.29, 1.82) is 0 Å². The van der Waals surface area contributed by atoms with Crippen LogP contribution in [0.1, 0.15) is 46.2 Å². The number of benzene rings is 2. The van der Waals surface area contributed by atoms with Crippen molar-refractivity contribution < 1.29 is 13.1 Å². The average molecular weight is 373 g/mol. The van der Waals surface area contributed by atoms with E-state index in [2.05, 4.69) is 4.85 Å². The lowest BCUT2D eigenvalue weighted by atomic mass is 9.96. The third kappa shape index (κ3) is 2.68. The standard InChI is InChI=1S/C25H25N2O/c1-14(2)18-12-17(5)27(7)22(13-18)23-16(4)8-9-19-20-10-15(3)11-21(26-6)24(20)28-25(19)23/h8-14H,1-5,7H3/q+1/i12D,13D,14D. The van der Waals surface area contributed by atoms with Crippen LogP contribution in [0.5, 0.6) is 0 Å². The molecule has 0 aliphatic heterocycles. The zero-order valence-electron chi connectivity index (χ0n) is 20.1. The Labute approximate surface area is 170 Å².